The normalized spacial score (nSPS) is 11.1. The summed E-state index contributed by atoms with van der Waals surface area (Å²) < 4.78 is 5.99. The largest absolute Gasteiger partial charge is 0.422 e. The minimum Gasteiger partial charge on any atom is -0.372 e. The second-order valence-corrected chi connectivity index (χ2v) is 4.32. The predicted molar refractivity (Wildman–Crippen MR) is 90.9 cm³/mol. The number of carbonyl (C=O) groups excluding carboxylic acids is 1. The van der Waals surface area contributed by atoms with E-state index < -0.39 is 11.4 Å². The number of aliphatic imine (C=N–C) groups is 1. The first-order valence-electron chi connectivity index (χ1n) is 6.95. The number of rotatable bonds is 4. The summed E-state index contributed by atoms with van der Waals surface area (Å²) >= 11 is 0. The van der Waals surface area contributed by atoms with Crippen molar-refractivity contribution in [2.75, 3.05) is 0 Å². The first kappa shape index (κ1) is 18.0. The Hall–Kier alpha value is -3.02. The quantitative estimate of drug-likeness (QED) is 0.375. The van der Waals surface area contributed by atoms with E-state index in [-0.39, 0.29) is 0 Å². The Morgan fingerprint density at radius 2 is 2.04 bits per heavy atom. The van der Waals surface area contributed by atoms with Gasteiger partial charge in [0.05, 0.1) is 10.9 Å². The third kappa shape index (κ3) is 4.74. The monoisotopic (exact) mass is 314 g/mol. The molecular formula is C17H18N2O4. The first-order valence-corrected chi connectivity index (χ1v) is 6.95. The van der Waals surface area contributed by atoms with Gasteiger partial charge < -0.3 is 4.42 Å². The number of benzene rings is 1. The Labute approximate surface area is 133 Å². The molecule has 2 aromatic rings. The molecule has 0 spiro atoms. The van der Waals surface area contributed by atoms with Gasteiger partial charge in [0, 0.05) is 18.3 Å². The fourth-order valence-electron chi connectivity index (χ4n) is 1.81. The topological polar surface area (TPSA) is 81.6 Å². The SMILES string of the molecule is C=N/C=C\C(C=O)=C/C.CCn1c(=O)oc(=O)c2ccccc21. The average molecular weight is 314 g/mol. The van der Waals surface area contributed by atoms with Crippen molar-refractivity contribution in [1.82, 2.24) is 4.57 Å². The molecule has 120 valence electrons. The van der Waals surface area contributed by atoms with Crippen molar-refractivity contribution >= 4 is 23.9 Å². The van der Waals surface area contributed by atoms with Crippen LogP contribution in [0.1, 0.15) is 13.8 Å². The number of hydrogen-bond donors (Lipinski definition) is 0. The Kier molecular flexibility index (Phi) is 7.13. The van der Waals surface area contributed by atoms with E-state index in [0.717, 1.165) is 6.29 Å². The number of hydrogen-bond acceptors (Lipinski definition) is 5. The van der Waals surface area contributed by atoms with Gasteiger partial charge in [-0.1, -0.05) is 18.2 Å². The fourth-order valence-corrected chi connectivity index (χ4v) is 1.81. The zero-order valence-corrected chi connectivity index (χ0v) is 13.1. The molecule has 0 saturated heterocycles. The molecule has 6 nitrogen and oxygen atoms in total. The number of nitrogens with zero attached hydrogens (tertiary/aromatic N) is 2. The molecule has 0 aliphatic heterocycles. The van der Waals surface area contributed by atoms with Crippen molar-refractivity contribution in [2.45, 2.75) is 20.4 Å². The summed E-state index contributed by atoms with van der Waals surface area (Å²) in [6.45, 7) is 7.33. The molecule has 0 saturated carbocycles. The highest BCUT2D eigenvalue weighted by Crippen LogP contribution is 2.06. The van der Waals surface area contributed by atoms with Gasteiger partial charge in [0.2, 0.25) is 0 Å². The van der Waals surface area contributed by atoms with Gasteiger partial charge in [-0.25, -0.2) is 9.59 Å². The summed E-state index contributed by atoms with van der Waals surface area (Å²) in [5.41, 5.74) is 0.661. The zero-order chi connectivity index (χ0) is 17.2. The van der Waals surface area contributed by atoms with Gasteiger partial charge in [-0.05, 0) is 38.8 Å². The lowest BCUT2D eigenvalue weighted by molar-refractivity contribution is -0.104. The molecule has 1 aromatic heterocycles. The van der Waals surface area contributed by atoms with E-state index in [9.17, 15) is 14.4 Å². The van der Waals surface area contributed by atoms with Crippen LogP contribution in [0, 0.1) is 0 Å². The number of aromatic nitrogens is 1. The summed E-state index contributed by atoms with van der Waals surface area (Å²) in [6, 6.07) is 6.90. The van der Waals surface area contributed by atoms with Crippen LogP contribution in [0.15, 0.2) is 67.2 Å². The smallest absolute Gasteiger partial charge is 0.372 e. The van der Waals surface area contributed by atoms with Crippen LogP contribution in [0.4, 0.5) is 0 Å². The molecule has 0 amide bonds. The van der Waals surface area contributed by atoms with E-state index in [1.165, 1.54) is 10.8 Å². The van der Waals surface area contributed by atoms with Crippen molar-refractivity contribution in [1.29, 1.82) is 0 Å². The summed E-state index contributed by atoms with van der Waals surface area (Å²) in [5.74, 6) is -0.601. The van der Waals surface area contributed by atoms with Crippen LogP contribution in [-0.2, 0) is 11.3 Å². The number of allylic oxidation sites excluding steroid dienone is 3. The molecule has 0 atom stereocenters. The van der Waals surface area contributed by atoms with Gasteiger partial charge in [0.1, 0.15) is 6.29 Å². The molecule has 0 N–H and O–H groups in total. The minimum absolute atomic E-state index is 0.439. The van der Waals surface area contributed by atoms with Gasteiger partial charge in [-0.2, -0.15) is 0 Å². The molecule has 23 heavy (non-hydrogen) atoms. The Balaban J connectivity index is 0.000000257. The predicted octanol–water partition coefficient (Wildman–Crippen LogP) is 2.32. The summed E-state index contributed by atoms with van der Waals surface area (Å²) in [5, 5.41) is 0.439. The van der Waals surface area contributed by atoms with E-state index in [2.05, 4.69) is 16.1 Å². The molecular weight excluding hydrogens is 296 g/mol. The van der Waals surface area contributed by atoms with E-state index in [4.69, 9.17) is 0 Å². The highest BCUT2D eigenvalue weighted by molar-refractivity contribution is 5.77. The zero-order valence-electron chi connectivity index (χ0n) is 13.1. The highest BCUT2D eigenvalue weighted by atomic mass is 16.4. The van der Waals surface area contributed by atoms with Crippen LogP contribution in [0.3, 0.4) is 0 Å². The standard InChI is InChI=1S/C10H9NO3.C7H9NO/c1-2-11-8-6-4-3-5-7(8)9(12)14-10(11)13;1-3-7(6-9)4-5-8-2/h3-6H,2H2,1H3;3-6H,2H2,1H3/b;5-4-,7-3+. The molecule has 0 unspecified atom stereocenters. The molecule has 0 fully saturated rings. The van der Waals surface area contributed by atoms with Crippen molar-refractivity contribution in [3.8, 4) is 0 Å². The molecule has 2 rings (SSSR count). The minimum atomic E-state index is -0.601. The van der Waals surface area contributed by atoms with Crippen LogP contribution in [-0.4, -0.2) is 17.6 Å². The second kappa shape index (κ2) is 9.09. The maximum Gasteiger partial charge on any atom is 0.422 e. The number of carbonyl (C=O) groups is 1. The van der Waals surface area contributed by atoms with E-state index in [1.807, 2.05) is 6.92 Å². The summed E-state index contributed by atoms with van der Waals surface area (Å²) in [7, 11) is 0. The van der Waals surface area contributed by atoms with Gasteiger partial charge in [-0.15, -0.1) is 0 Å². The van der Waals surface area contributed by atoms with E-state index in [1.54, 1.807) is 43.3 Å². The third-order valence-electron chi connectivity index (χ3n) is 2.97. The van der Waals surface area contributed by atoms with Gasteiger partial charge >= 0.3 is 11.4 Å². The van der Waals surface area contributed by atoms with Gasteiger partial charge in [0.15, 0.2) is 0 Å². The third-order valence-corrected chi connectivity index (χ3v) is 2.97. The maximum atomic E-state index is 11.3. The first-order chi connectivity index (χ1) is 11.1. The number of fused-ring (bicyclic) bond motifs is 1. The molecule has 0 bridgehead atoms. The molecule has 6 heteroatoms. The lowest BCUT2D eigenvalue weighted by Gasteiger charge is -2.03. The van der Waals surface area contributed by atoms with Crippen molar-refractivity contribution in [3.05, 3.63) is 69.2 Å². The Morgan fingerprint density at radius 1 is 1.35 bits per heavy atom. The lowest BCUT2D eigenvalue weighted by Crippen LogP contribution is -2.24. The number of aryl methyl sites for hydroxylation is 1. The van der Waals surface area contributed by atoms with Crippen LogP contribution >= 0.6 is 0 Å². The lowest BCUT2D eigenvalue weighted by atomic mass is 10.2. The van der Waals surface area contributed by atoms with Gasteiger partial charge in [0.25, 0.3) is 0 Å². The van der Waals surface area contributed by atoms with Crippen molar-refractivity contribution in [3.63, 3.8) is 0 Å². The molecule has 1 heterocycles. The van der Waals surface area contributed by atoms with E-state index >= 15 is 0 Å². The number of aldehydes is 1. The molecule has 0 aliphatic carbocycles. The molecule has 0 aliphatic rings. The second-order valence-electron chi connectivity index (χ2n) is 4.32. The fraction of sp³-hybridized carbons (Fsp3) is 0.176. The van der Waals surface area contributed by atoms with Crippen LogP contribution in [0.2, 0.25) is 0 Å². The van der Waals surface area contributed by atoms with Gasteiger partial charge in [-0.3, -0.25) is 14.4 Å². The maximum absolute atomic E-state index is 11.3. The summed E-state index contributed by atoms with van der Waals surface area (Å²) in [6.07, 6.45) is 5.54. The Morgan fingerprint density at radius 3 is 2.61 bits per heavy atom. The average Bonchev–Trinajstić information content (AvgIpc) is 2.57. The molecule has 1 aromatic carbocycles. The van der Waals surface area contributed by atoms with Crippen molar-refractivity contribution in [2.24, 2.45) is 4.99 Å². The van der Waals surface area contributed by atoms with Crippen molar-refractivity contribution < 1.29 is 9.21 Å². The summed E-state index contributed by atoms with van der Waals surface area (Å²) in [4.78, 5) is 36.1. The highest BCUT2D eigenvalue weighted by Gasteiger charge is 2.05. The molecule has 0 radical (unpaired) electrons. The number of para-hydroxylation sites is 1. The van der Waals surface area contributed by atoms with Crippen LogP contribution in [0.5, 0.6) is 0 Å². The van der Waals surface area contributed by atoms with Crippen LogP contribution in [0.25, 0.3) is 10.9 Å². The van der Waals surface area contributed by atoms with Crippen LogP contribution < -0.4 is 11.4 Å². The van der Waals surface area contributed by atoms with E-state index in [0.29, 0.717) is 23.0 Å². The Bertz CT molecular complexity index is 857.